The Kier molecular flexibility index (Phi) is 5.40. The molecule has 4 heteroatoms. The lowest BCUT2D eigenvalue weighted by Gasteiger charge is -2.29. The Hall–Kier alpha value is -0.280. The molecule has 0 aromatic heterocycles. The molecular formula is C11H21ClN2O. The summed E-state index contributed by atoms with van der Waals surface area (Å²) in [7, 11) is 4.05. The molecule has 0 saturated heterocycles. The van der Waals surface area contributed by atoms with Crippen LogP contribution in [0.15, 0.2) is 0 Å². The van der Waals surface area contributed by atoms with E-state index in [-0.39, 0.29) is 11.8 Å². The zero-order valence-corrected chi connectivity index (χ0v) is 10.5. The van der Waals surface area contributed by atoms with Gasteiger partial charge in [0.05, 0.1) is 0 Å². The van der Waals surface area contributed by atoms with Crippen LogP contribution in [0.5, 0.6) is 0 Å². The fraction of sp³-hybridized carbons (Fsp3) is 0.909. The second-order valence-electron chi connectivity index (χ2n) is 4.46. The number of rotatable bonds is 5. The van der Waals surface area contributed by atoms with Crippen molar-refractivity contribution in [1.29, 1.82) is 0 Å². The maximum atomic E-state index is 11.7. The van der Waals surface area contributed by atoms with Crippen LogP contribution in [0.25, 0.3) is 0 Å². The van der Waals surface area contributed by atoms with Gasteiger partial charge in [0.1, 0.15) is 5.88 Å². The van der Waals surface area contributed by atoms with Crippen LogP contribution in [0.4, 0.5) is 0 Å². The van der Waals surface area contributed by atoms with E-state index in [0.717, 1.165) is 25.9 Å². The summed E-state index contributed by atoms with van der Waals surface area (Å²) in [5.74, 6) is 0.203. The molecule has 0 atom stereocenters. The Balaban J connectivity index is 2.48. The molecular weight excluding hydrogens is 212 g/mol. The highest BCUT2D eigenvalue weighted by Crippen LogP contribution is 2.23. The van der Waals surface area contributed by atoms with E-state index < -0.39 is 0 Å². The molecule has 1 saturated carbocycles. The Bertz CT molecular complexity index is 203. The zero-order valence-electron chi connectivity index (χ0n) is 9.71. The first kappa shape index (κ1) is 12.8. The summed E-state index contributed by atoms with van der Waals surface area (Å²) >= 11 is 5.64. The van der Waals surface area contributed by atoms with Gasteiger partial charge in [0, 0.05) is 19.1 Å². The van der Waals surface area contributed by atoms with Crippen LogP contribution in [0, 0.1) is 0 Å². The first-order valence-electron chi connectivity index (χ1n) is 5.65. The molecule has 88 valence electrons. The SMILES string of the molecule is CN(C)CCN(C(=O)CCl)C1CCCC1. The number of carbonyl (C=O) groups excluding carboxylic acids is 1. The first-order chi connectivity index (χ1) is 7.15. The lowest BCUT2D eigenvalue weighted by atomic mass is 10.2. The number of hydrogen-bond acceptors (Lipinski definition) is 2. The third-order valence-corrected chi connectivity index (χ3v) is 3.22. The molecule has 1 rings (SSSR count). The van der Waals surface area contributed by atoms with Gasteiger partial charge in [-0.2, -0.15) is 0 Å². The summed E-state index contributed by atoms with van der Waals surface area (Å²) < 4.78 is 0. The molecule has 1 aliphatic carbocycles. The summed E-state index contributed by atoms with van der Waals surface area (Å²) in [4.78, 5) is 15.8. The molecule has 1 aliphatic rings. The molecule has 3 nitrogen and oxygen atoms in total. The molecule has 0 unspecified atom stereocenters. The fourth-order valence-electron chi connectivity index (χ4n) is 2.11. The van der Waals surface area contributed by atoms with Crippen molar-refractivity contribution < 1.29 is 4.79 Å². The normalized spacial score (nSPS) is 17.3. The highest BCUT2D eigenvalue weighted by molar-refractivity contribution is 6.27. The lowest BCUT2D eigenvalue weighted by Crippen LogP contribution is -2.43. The standard InChI is InChI=1S/C11H21ClN2O/c1-13(2)7-8-14(11(15)9-12)10-5-3-4-6-10/h10H,3-9H2,1-2H3. The van der Waals surface area contributed by atoms with Gasteiger partial charge < -0.3 is 9.80 Å². The van der Waals surface area contributed by atoms with Gasteiger partial charge in [-0.1, -0.05) is 12.8 Å². The van der Waals surface area contributed by atoms with Gasteiger partial charge in [0.25, 0.3) is 0 Å². The highest BCUT2D eigenvalue weighted by Gasteiger charge is 2.25. The van der Waals surface area contributed by atoms with E-state index in [4.69, 9.17) is 11.6 Å². The van der Waals surface area contributed by atoms with Crippen molar-refractivity contribution in [3.05, 3.63) is 0 Å². The quantitative estimate of drug-likeness (QED) is 0.672. The topological polar surface area (TPSA) is 23.6 Å². The molecule has 15 heavy (non-hydrogen) atoms. The predicted octanol–water partition coefficient (Wildman–Crippen LogP) is 1.56. The Labute approximate surface area is 97.4 Å². The van der Waals surface area contributed by atoms with Crippen LogP contribution in [0.1, 0.15) is 25.7 Å². The monoisotopic (exact) mass is 232 g/mol. The number of alkyl halides is 1. The molecule has 0 radical (unpaired) electrons. The van der Waals surface area contributed by atoms with Crippen LogP contribution < -0.4 is 0 Å². The van der Waals surface area contributed by atoms with E-state index in [9.17, 15) is 4.79 Å². The van der Waals surface area contributed by atoms with E-state index in [1.807, 2.05) is 19.0 Å². The number of likely N-dealkylation sites (N-methyl/N-ethyl adjacent to an activating group) is 1. The zero-order chi connectivity index (χ0) is 11.3. The Morgan fingerprint density at radius 1 is 1.27 bits per heavy atom. The molecule has 1 fully saturated rings. The largest absolute Gasteiger partial charge is 0.337 e. The van der Waals surface area contributed by atoms with Crippen molar-refractivity contribution in [2.75, 3.05) is 33.1 Å². The third-order valence-electron chi connectivity index (χ3n) is 2.99. The van der Waals surface area contributed by atoms with Crippen molar-refractivity contribution in [3.63, 3.8) is 0 Å². The molecule has 1 amide bonds. The molecule has 0 aliphatic heterocycles. The van der Waals surface area contributed by atoms with E-state index in [2.05, 4.69) is 4.90 Å². The van der Waals surface area contributed by atoms with E-state index in [1.165, 1.54) is 12.8 Å². The minimum Gasteiger partial charge on any atom is -0.337 e. The molecule has 0 spiro atoms. The van der Waals surface area contributed by atoms with Crippen molar-refractivity contribution in [2.24, 2.45) is 0 Å². The Morgan fingerprint density at radius 3 is 2.33 bits per heavy atom. The molecule has 0 bridgehead atoms. The lowest BCUT2D eigenvalue weighted by molar-refractivity contribution is -0.130. The summed E-state index contributed by atoms with van der Waals surface area (Å²) in [6, 6.07) is 0.441. The average Bonchev–Trinajstić information content (AvgIpc) is 2.70. The van der Waals surface area contributed by atoms with E-state index >= 15 is 0 Å². The van der Waals surface area contributed by atoms with Gasteiger partial charge >= 0.3 is 0 Å². The fourth-order valence-corrected chi connectivity index (χ4v) is 2.26. The van der Waals surface area contributed by atoms with Gasteiger partial charge in [0.15, 0.2) is 0 Å². The average molecular weight is 233 g/mol. The number of hydrogen-bond donors (Lipinski definition) is 0. The molecule has 0 N–H and O–H groups in total. The maximum absolute atomic E-state index is 11.7. The summed E-state index contributed by atoms with van der Waals surface area (Å²) in [6.07, 6.45) is 4.80. The smallest absolute Gasteiger partial charge is 0.237 e. The molecule has 0 aromatic rings. The number of amides is 1. The minimum atomic E-state index is 0.0883. The van der Waals surface area contributed by atoms with Crippen LogP contribution in [0.3, 0.4) is 0 Å². The summed E-state index contributed by atoms with van der Waals surface area (Å²) in [6.45, 7) is 1.72. The molecule has 0 aromatic carbocycles. The number of halogens is 1. The first-order valence-corrected chi connectivity index (χ1v) is 6.18. The highest BCUT2D eigenvalue weighted by atomic mass is 35.5. The van der Waals surface area contributed by atoms with Crippen LogP contribution >= 0.6 is 11.6 Å². The van der Waals surface area contributed by atoms with Gasteiger partial charge in [-0.05, 0) is 26.9 Å². The minimum absolute atomic E-state index is 0.0883. The van der Waals surface area contributed by atoms with Crippen molar-refractivity contribution in [1.82, 2.24) is 9.80 Å². The van der Waals surface area contributed by atoms with Gasteiger partial charge in [-0.3, -0.25) is 4.79 Å². The summed E-state index contributed by atoms with van der Waals surface area (Å²) in [5.41, 5.74) is 0. The second-order valence-corrected chi connectivity index (χ2v) is 4.73. The maximum Gasteiger partial charge on any atom is 0.237 e. The van der Waals surface area contributed by atoms with Crippen molar-refractivity contribution >= 4 is 17.5 Å². The second kappa shape index (κ2) is 6.33. The van der Waals surface area contributed by atoms with Gasteiger partial charge in [0.2, 0.25) is 5.91 Å². The van der Waals surface area contributed by atoms with Crippen molar-refractivity contribution in [3.8, 4) is 0 Å². The number of carbonyl (C=O) groups is 1. The van der Waals surface area contributed by atoms with Gasteiger partial charge in [-0.25, -0.2) is 0 Å². The number of nitrogens with zero attached hydrogens (tertiary/aromatic N) is 2. The van der Waals surface area contributed by atoms with Crippen molar-refractivity contribution in [2.45, 2.75) is 31.7 Å². The van der Waals surface area contributed by atoms with E-state index in [0.29, 0.717) is 6.04 Å². The Morgan fingerprint density at radius 2 is 1.87 bits per heavy atom. The van der Waals surface area contributed by atoms with Crippen LogP contribution in [-0.4, -0.2) is 54.8 Å². The van der Waals surface area contributed by atoms with Crippen LogP contribution in [0.2, 0.25) is 0 Å². The van der Waals surface area contributed by atoms with Crippen LogP contribution in [-0.2, 0) is 4.79 Å². The third kappa shape index (κ3) is 3.99. The summed E-state index contributed by atoms with van der Waals surface area (Å²) in [5, 5.41) is 0. The molecule has 0 heterocycles. The van der Waals surface area contributed by atoms with E-state index in [1.54, 1.807) is 0 Å². The van der Waals surface area contributed by atoms with Gasteiger partial charge in [-0.15, -0.1) is 11.6 Å². The predicted molar refractivity (Wildman–Crippen MR) is 63.2 cm³/mol.